The van der Waals surface area contributed by atoms with Crippen LogP contribution in [0.2, 0.25) is 0 Å². The quantitative estimate of drug-likeness (QED) is 0.752. The van der Waals surface area contributed by atoms with Gasteiger partial charge in [-0.3, -0.25) is 0 Å². The normalized spacial score (nSPS) is 11.0. The van der Waals surface area contributed by atoms with Crippen LogP contribution in [0.3, 0.4) is 0 Å². The molecule has 0 fully saturated rings. The Morgan fingerprint density at radius 1 is 1.10 bits per heavy atom. The molecule has 0 aliphatic carbocycles. The molecule has 5 heteroatoms. The number of pyridine rings is 1. The minimum atomic E-state index is 0.645. The van der Waals surface area contributed by atoms with Crippen LogP contribution in [0.15, 0.2) is 42.6 Å². The summed E-state index contributed by atoms with van der Waals surface area (Å²) in [6, 6.07) is 12.4. The lowest BCUT2D eigenvalue weighted by Gasteiger charge is -2.04. The number of nitrogens with two attached hydrogens (primary N) is 1. The number of aromatic nitrogens is 3. The molecule has 5 nitrogen and oxygen atoms in total. The molecule has 3 aromatic rings. The summed E-state index contributed by atoms with van der Waals surface area (Å²) in [5, 5.41) is 7.67. The molecule has 2 aromatic heterocycles. The van der Waals surface area contributed by atoms with Gasteiger partial charge in [-0.25, -0.2) is 4.52 Å². The second kappa shape index (κ2) is 5.93. The maximum absolute atomic E-state index is 5.55. The smallest absolute Gasteiger partial charge is 0.243 e. The standard InChI is InChI=1S/C16H19N5/c1-12-2-7-15-19-16(20-21(15)11-12)18-10-14-5-3-13(4-6-14)8-9-17/h2-7,11H,8-10,17H2,1H3,(H,18,20). The van der Waals surface area contributed by atoms with Crippen molar-refractivity contribution in [1.82, 2.24) is 14.6 Å². The first kappa shape index (κ1) is 13.6. The summed E-state index contributed by atoms with van der Waals surface area (Å²) in [7, 11) is 0. The monoisotopic (exact) mass is 281 g/mol. The summed E-state index contributed by atoms with van der Waals surface area (Å²) >= 11 is 0. The largest absolute Gasteiger partial charge is 0.349 e. The number of rotatable bonds is 5. The first-order chi connectivity index (χ1) is 10.2. The molecule has 0 saturated carbocycles. The van der Waals surface area contributed by atoms with Gasteiger partial charge in [0.15, 0.2) is 5.65 Å². The Hall–Kier alpha value is -2.40. The number of nitrogens with zero attached hydrogens (tertiary/aromatic N) is 3. The zero-order valence-corrected chi connectivity index (χ0v) is 12.1. The van der Waals surface area contributed by atoms with Gasteiger partial charge in [-0.1, -0.05) is 30.3 Å². The van der Waals surface area contributed by atoms with Gasteiger partial charge in [-0.15, -0.1) is 5.10 Å². The Kier molecular flexibility index (Phi) is 3.83. The van der Waals surface area contributed by atoms with E-state index < -0.39 is 0 Å². The number of hydrogen-bond donors (Lipinski definition) is 2. The highest BCUT2D eigenvalue weighted by atomic mass is 15.3. The van der Waals surface area contributed by atoms with Gasteiger partial charge in [-0.2, -0.15) is 4.98 Å². The van der Waals surface area contributed by atoms with Gasteiger partial charge >= 0.3 is 0 Å². The Morgan fingerprint density at radius 2 is 1.86 bits per heavy atom. The van der Waals surface area contributed by atoms with Crippen molar-refractivity contribution in [2.75, 3.05) is 11.9 Å². The van der Waals surface area contributed by atoms with Gasteiger partial charge in [-0.05, 0) is 42.6 Å². The Labute approximate surface area is 123 Å². The molecule has 0 spiro atoms. The fraction of sp³-hybridized carbons (Fsp3) is 0.250. The van der Waals surface area contributed by atoms with Gasteiger partial charge in [0.1, 0.15) is 0 Å². The molecular formula is C16H19N5. The van der Waals surface area contributed by atoms with Crippen LogP contribution in [-0.2, 0) is 13.0 Å². The van der Waals surface area contributed by atoms with Gasteiger partial charge in [0.25, 0.3) is 0 Å². The van der Waals surface area contributed by atoms with E-state index in [4.69, 9.17) is 5.73 Å². The Morgan fingerprint density at radius 3 is 2.62 bits per heavy atom. The molecule has 1 aromatic carbocycles. The molecule has 3 N–H and O–H groups in total. The van der Waals surface area contributed by atoms with Crippen molar-refractivity contribution in [3.63, 3.8) is 0 Å². The Balaban J connectivity index is 1.68. The van der Waals surface area contributed by atoms with Gasteiger partial charge in [0.2, 0.25) is 5.95 Å². The minimum absolute atomic E-state index is 0.645. The fourth-order valence-corrected chi connectivity index (χ4v) is 2.23. The van der Waals surface area contributed by atoms with E-state index in [-0.39, 0.29) is 0 Å². The van der Waals surface area contributed by atoms with E-state index in [0.29, 0.717) is 19.0 Å². The Bertz CT molecular complexity index is 730. The number of benzene rings is 1. The third-order valence-electron chi connectivity index (χ3n) is 3.39. The van der Waals surface area contributed by atoms with Gasteiger partial charge in [0, 0.05) is 12.7 Å². The van der Waals surface area contributed by atoms with E-state index >= 15 is 0 Å². The highest BCUT2D eigenvalue weighted by Gasteiger charge is 2.03. The summed E-state index contributed by atoms with van der Waals surface area (Å²) < 4.78 is 1.79. The van der Waals surface area contributed by atoms with Crippen molar-refractivity contribution >= 4 is 11.6 Å². The van der Waals surface area contributed by atoms with E-state index in [1.807, 2.05) is 25.3 Å². The maximum Gasteiger partial charge on any atom is 0.243 e. The minimum Gasteiger partial charge on any atom is -0.349 e. The fourth-order valence-electron chi connectivity index (χ4n) is 2.23. The lowest BCUT2D eigenvalue weighted by atomic mass is 10.1. The number of fused-ring (bicyclic) bond motifs is 1. The maximum atomic E-state index is 5.55. The summed E-state index contributed by atoms with van der Waals surface area (Å²) in [5.41, 5.74) is 10.0. The van der Waals surface area contributed by atoms with Crippen LogP contribution in [0.4, 0.5) is 5.95 Å². The van der Waals surface area contributed by atoms with Crippen molar-refractivity contribution in [3.8, 4) is 0 Å². The van der Waals surface area contributed by atoms with Crippen molar-refractivity contribution in [2.45, 2.75) is 19.9 Å². The topological polar surface area (TPSA) is 68.2 Å². The van der Waals surface area contributed by atoms with E-state index in [0.717, 1.165) is 17.6 Å². The third kappa shape index (κ3) is 3.20. The number of nitrogens with one attached hydrogen (secondary N) is 1. The van der Waals surface area contributed by atoms with E-state index in [1.165, 1.54) is 11.1 Å². The molecule has 0 saturated heterocycles. The lowest BCUT2D eigenvalue weighted by Crippen LogP contribution is -2.04. The van der Waals surface area contributed by atoms with Crippen molar-refractivity contribution in [3.05, 3.63) is 59.3 Å². The summed E-state index contributed by atoms with van der Waals surface area (Å²) in [4.78, 5) is 4.44. The van der Waals surface area contributed by atoms with Crippen molar-refractivity contribution < 1.29 is 0 Å². The van der Waals surface area contributed by atoms with Crippen LogP contribution in [-0.4, -0.2) is 21.1 Å². The molecule has 0 radical (unpaired) electrons. The molecule has 0 unspecified atom stereocenters. The molecule has 0 aliphatic rings. The average Bonchev–Trinajstić information content (AvgIpc) is 2.89. The highest BCUT2D eigenvalue weighted by Crippen LogP contribution is 2.10. The summed E-state index contributed by atoms with van der Waals surface area (Å²) in [6.07, 6.45) is 2.89. The van der Waals surface area contributed by atoms with E-state index in [9.17, 15) is 0 Å². The number of aryl methyl sites for hydroxylation is 1. The molecule has 0 amide bonds. The third-order valence-corrected chi connectivity index (χ3v) is 3.39. The van der Waals surface area contributed by atoms with E-state index in [2.05, 4.69) is 39.7 Å². The van der Waals surface area contributed by atoms with Crippen LogP contribution < -0.4 is 11.1 Å². The molecule has 0 aliphatic heterocycles. The predicted octanol–water partition coefficient (Wildman–Crippen LogP) is 2.15. The van der Waals surface area contributed by atoms with Crippen LogP contribution in [0.25, 0.3) is 5.65 Å². The first-order valence-corrected chi connectivity index (χ1v) is 7.09. The SMILES string of the molecule is Cc1ccc2nc(NCc3ccc(CCN)cc3)nn2c1. The molecule has 2 heterocycles. The molecule has 0 bridgehead atoms. The molecule has 0 atom stereocenters. The lowest BCUT2D eigenvalue weighted by molar-refractivity contribution is 0.941. The average molecular weight is 281 g/mol. The zero-order valence-electron chi connectivity index (χ0n) is 12.1. The van der Waals surface area contributed by atoms with Gasteiger partial charge < -0.3 is 11.1 Å². The number of anilines is 1. The van der Waals surface area contributed by atoms with Crippen LogP contribution >= 0.6 is 0 Å². The zero-order chi connectivity index (χ0) is 14.7. The van der Waals surface area contributed by atoms with Crippen LogP contribution in [0.1, 0.15) is 16.7 Å². The van der Waals surface area contributed by atoms with Crippen molar-refractivity contribution in [2.24, 2.45) is 5.73 Å². The molecule has 108 valence electrons. The van der Waals surface area contributed by atoms with Crippen LogP contribution in [0, 0.1) is 6.92 Å². The highest BCUT2D eigenvalue weighted by molar-refractivity contribution is 5.44. The van der Waals surface area contributed by atoms with Crippen LogP contribution in [0.5, 0.6) is 0 Å². The second-order valence-electron chi connectivity index (χ2n) is 5.15. The first-order valence-electron chi connectivity index (χ1n) is 7.09. The summed E-state index contributed by atoms with van der Waals surface area (Å²) in [6.45, 7) is 3.43. The van der Waals surface area contributed by atoms with Crippen molar-refractivity contribution in [1.29, 1.82) is 0 Å². The second-order valence-corrected chi connectivity index (χ2v) is 5.15. The predicted molar refractivity (Wildman–Crippen MR) is 84.3 cm³/mol. The van der Waals surface area contributed by atoms with Gasteiger partial charge in [0.05, 0.1) is 0 Å². The molecular weight excluding hydrogens is 262 g/mol. The molecule has 21 heavy (non-hydrogen) atoms. The molecule has 3 rings (SSSR count). The summed E-state index contributed by atoms with van der Waals surface area (Å²) in [5.74, 6) is 0.645. The van der Waals surface area contributed by atoms with E-state index in [1.54, 1.807) is 4.52 Å². The number of hydrogen-bond acceptors (Lipinski definition) is 4.